The number of carbonyl (C=O) groups is 1. The van der Waals surface area contributed by atoms with Crippen LogP contribution in [0.3, 0.4) is 0 Å². The van der Waals surface area contributed by atoms with Gasteiger partial charge in [-0.2, -0.15) is 5.10 Å². The van der Waals surface area contributed by atoms with E-state index in [9.17, 15) is 4.79 Å². The largest absolute Gasteiger partial charge is 0.322 e. The number of carbonyl (C=O) groups excluding carboxylic acids is 1. The van der Waals surface area contributed by atoms with Crippen molar-refractivity contribution < 1.29 is 4.79 Å². The quantitative estimate of drug-likeness (QED) is 0.851. The maximum absolute atomic E-state index is 12.0. The Morgan fingerprint density at radius 3 is 2.90 bits per heavy atom. The van der Waals surface area contributed by atoms with Crippen molar-refractivity contribution in [3.8, 4) is 0 Å². The second-order valence-electron chi connectivity index (χ2n) is 6.03. The zero-order valence-corrected chi connectivity index (χ0v) is 12.6. The Morgan fingerprint density at radius 2 is 2.14 bits per heavy atom. The van der Waals surface area contributed by atoms with E-state index in [2.05, 4.69) is 20.6 Å². The molecule has 3 heterocycles. The summed E-state index contributed by atoms with van der Waals surface area (Å²) in [5.41, 5.74) is 0.798. The Hall–Kier alpha value is -1.40. The van der Waals surface area contributed by atoms with Gasteiger partial charge in [0.25, 0.3) is 0 Å². The van der Waals surface area contributed by atoms with E-state index in [4.69, 9.17) is 0 Å². The van der Waals surface area contributed by atoms with Crippen molar-refractivity contribution in [2.24, 2.45) is 0 Å². The van der Waals surface area contributed by atoms with Gasteiger partial charge in [-0.05, 0) is 45.3 Å². The van der Waals surface area contributed by atoms with Gasteiger partial charge in [-0.25, -0.2) is 0 Å². The molecule has 0 aromatic carbocycles. The third kappa shape index (κ3) is 4.04. The zero-order valence-electron chi connectivity index (χ0n) is 12.6. The van der Waals surface area contributed by atoms with Crippen molar-refractivity contribution in [2.75, 3.05) is 31.5 Å². The molecule has 116 valence electrons. The van der Waals surface area contributed by atoms with Crippen LogP contribution in [0.1, 0.15) is 32.1 Å². The molecule has 2 aliphatic rings. The first-order chi connectivity index (χ1) is 10.3. The fraction of sp³-hybridized carbons (Fsp3) is 0.733. The van der Waals surface area contributed by atoms with Crippen LogP contribution < -0.4 is 10.6 Å². The average Bonchev–Trinajstić information content (AvgIpc) is 3.18. The highest BCUT2D eigenvalue weighted by molar-refractivity contribution is 5.94. The van der Waals surface area contributed by atoms with Gasteiger partial charge in [-0.15, -0.1) is 0 Å². The van der Waals surface area contributed by atoms with Crippen LogP contribution in [0.4, 0.5) is 5.69 Å². The molecule has 2 saturated heterocycles. The van der Waals surface area contributed by atoms with E-state index in [0.29, 0.717) is 0 Å². The summed E-state index contributed by atoms with van der Waals surface area (Å²) >= 11 is 0. The smallest absolute Gasteiger partial charge is 0.241 e. The minimum Gasteiger partial charge on any atom is -0.322 e. The SMILES string of the molecule is O=C(Nc1cnn(CCN2CCCCC2)c1)C1CCCN1. The fourth-order valence-electron chi connectivity index (χ4n) is 3.12. The van der Waals surface area contributed by atoms with Gasteiger partial charge < -0.3 is 15.5 Å². The molecular weight excluding hydrogens is 266 g/mol. The number of amides is 1. The standard InChI is InChI=1S/C15H25N5O/c21-15(14-5-4-6-16-14)18-13-11-17-20(12-13)10-9-19-7-2-1-3-8-19/h11-12,14,16H,1-10H2,(H,18,21). The number of anilines is 1. The Kier molecular flexibility index (Phi) is 4.87. The number of hydrogen-bond acceptors (Lipinski definition) is 4. The summed E-state index contributed by atoms with van der Waals surface area (Å²) in [6, 6.07) is -0.0401. The average molecular weight is 291 g/mol. The van der Waals surface area contributed by atoms with E-state index in [1.807, 2.05) is 10.9 Å². The molecule has 0 saturated carbocycles. The summed E-state index contributed by atoms with van der Waals surface area (Å²) in [6.45, 7) is 5.28. The van der Waals surface area contributed by atoms with Gasteiger partial charge in [-0.3, -0.25) is 9.48 Å². The lowest BCUT2D eigenvalue weighted by molar-refractivity contribution is -0.117. The Labute approximate surface area is 125 Å². The molecule has 6 nitrogen and oxygen atoms in total. The van der Waals surface area contributed by atoms with E-state index in [-0.39, 0.29) is 11.9 Å². The highest BCUT2D eigenvalue weighted by Gasteiger charge is 2.22. The van der Waals surface area contributed by atoms with Crippen molar-refractivity contribution in [1.29, 1.82) is 0 Å². The Morgan fingerprint density at radius 1 is 1.29 bits per heavy atom. The van der Waals surface area contributed by atoms with Crippen molar-refractivity contribution in [1.82, 2.24) is 20.0 Å². The highest BCUT2D eigenvalue weighted by Crippen LogP contribution is 2.11. The van der Waals surface area contributed by atoms with Gasteiger partial charge in [0.1, 0.15) is 0 Å². The first-order valence-electron chi connectivity index (χ1n) is 8.10. The van der Waals surface area contributed by atoms with Crippen molar-refractivity contribution in [2.45, 2.75) is 44.7 Å². The van der Waals surface area contributed by atoms with Crippen LogP contribution in [0, 0.1) is 0 Å². The lowest BCUT2D eigenvalue weighted by Gasteiger charge is -2.26. The molecule has 0 bridgehead atoms. The maximum atomic E-state index is 12.0. The first kappa shape index (κ1) is 14.5. The van der Waals surface area contributed by atoms with Crippen molar-refractivity contribution in [3.63, 3.8) is 0 Å². The van der Waals surface area contributed by atoms with E-state index < -0.39 is 0 Å². The molecule has 6 heteroatoms. The molecule has 21 heavy (non-hydrogen) atoms. The van der Waals surface area contributed by atoms with Crippen LogP contribution in [0.25, 0.3) is 0 Å². The summed E-state index contributed by atoms with van der Waals surface area (Å²) in [5, 5.41) is 10.5. The molecule has 2 aliphatic heterocycles. The molecule has 3 rings (SSSR count). The fourth-order valence-corrected chi connectivity index (χ4v) is 3.12. The lowest BCUT2D eigenvalue weighted by Crippen LogP contribution is -2.35. The number of rotatable bonds is 5. The monoisotopic (exact) mass is 291 g/mol. The maximum Gasteiger partial charge on any atom is 0.241 e. The number of piperidine rings is 1. The summed E-state index contributed by atoms with van der Waals surface area (Å²) < 4.78 is 1.92. The number of likely N-dealkylation sites (tertiary alicyclic amines) is 1. The molecule has 0 radical (unpaired) electrons. The summed E-state index contributed by atoms with van der Waals surface area (Å²) in [4.78, 5) is 14.5. The molecule has 0 aliphatic carbocycles. The van der Waals surface area contributed by atoms with Crippen LogP contribution in [0.15, 0.2) is 12.4 Å². The Bertz CT molecular complexity index is 460. The Balaban J connectivity index is 1.45. The first-order valence-corrected chi connectivity index (χ1v) is 8.10. The zero-order chi connectivity index (χ0) is 14.5. The van der Waals surface area contributed by atoms with Gasteiger partial charge >= 0.3 is 0 Å². The van der Waals surface area contributed by atoms with Crippen LogP contribution >= 0.6 is 0 Å². The van der Waals surface area contributed by atoms with E-state index in [0.717, 1.165) is 38.2 Å². The summed E-state index contributed by atoms with van der Waals surface area (Å²) in [6.07, 6.45) is 9.66. The number of hydrogen-bond donors (Lipinski definition) is 2. The van der Waals surface area contributed by atoms with E-state index >= 15 is 0 Å². The minimum absolute atomic E-state index is 0.0401. The van der Waals surface area contributed by atoms with Gasteiger partial charge in [-0.1, -0.05) is 6.42 Å². The normalized spacial score (nSPS) is 23.3. The molecule has 1 atom stereocenters. The van der Waals surface area contributed by atoms with E-state index in [1.54, 1.807) is 6.20 Å². The lowest BCUT2D eigenvalue weighted by atomic mass is 10.1. The molecule has 1 aromatic rings. The van der Waals surface area contributed by atoms with Crippen LogP contribution in [-0.4, -0.2) is 52.8 Å². The van der Waals surface area contributed by atoms with Crippen LogP contribution in [-0.2, 0) is 11.3 Å². The molecular formula is C15H25N5O. The van der Waals surface area contributed by atoms with Gasteiger partial charge in [0.05, 0.1) is 24.5 Å². The molecule has 2 N–H and O–H groups in total. The molecule has 1 aromatic heterocycles. The predicted molar refractivity (Wildman–Crippen MR) is 82.2 cm³/mol. The van der Waals surface area contributed by atoms with Crippen molar-refractivity contribution in [3.05, 3.63) is 12.4 Å². The molecule has 1 amide bonds. The summed E-state index contributed by atoms with van der Waals surface area (Å²) in [7, 11) is 0. The van der Waals surface area contributed by atoms with Gasteiger partial charge in [0.2, 0.25) is 5.91 Å². The summed E-state index contributed by atoms with van der Waals surface area (Å²) in [5.74, 6) is 0.0584. The second-order valence-corrected chi connectivity index (χ2v) is 6.03. The highest BCUT2D eigenvalue weighted by atomic mass is 16.2. The number of aromatic nitrogens is 2. The number of nitrogens with zero attached hydrogens (tertiary/aromatic N) is 3. The number of nitrogens with one attached hydrogen (secondary N) is 2. The molecule has 0 spiro atoms. The van der Waals surface area contributed by atoms with E-state index in [1.165, 1.54) is 32.4 Å². The predicted octanol–water partition coefficient (Wildman–Crippen LogP) is 1.06. The minimum atomic E-state index is -0.0401. The van der Waals surface area contributed by atoms with Crippen LogP contribution in [0.2, 0.25) is 0 Å². The third-order valence-corrected chi connectivity index (χ3v) is 4.37. The van der Waals surface area contributed by atoms with Gasteiger partial charge in [0.15, 0.2) is 0 Å². The van der Waals surface area contributed by atoms with Crippen molar-refractivity contribution >= 4 is 11.6 Å². The third-order valence-electron chi connectivity index (χ3n) is 4.37. The topological polar surface area (TPSA) is 62.2 Å². The molecule has 1 unspecified atom stereocenters. The second kappa shape index (κ2) is 7.04. The molecule has 2 fully saturated rings. The van der Waals surface area contributed by atoms with Gasteiger partial charge in [0, 0.05) is 12.7 Å². The van der Waals surface area contributed by atoms with Crippen LogP contribution in [0.5, 0.6) is 0 Å².